The maximum atomic E-state index is 13.6. The Morgan fingerprint density at radius 3 is 2.39 bits per heavy atom. The van der Waals surface area contributed by atoms with Gasteiger partial charge in [-0.05, 0) is 63.7 Å². The van der Waals surface area contributed by atoms with Crippen molar-refractivity contribution in [2.24, 2.45) is 5.73 Å². The number of esters is 1. The monoisotopic (exact) mass is 679 g/mol. The van der Waals surface area contributed by atoms with Gasteiger partial charge >= 0.3 is 5.97 Å². The first kappa shape index (κ1) is 32.9. The standard InChI is InChI=1S/C40H33N5O6/c1-24-43-38(44-51-24)27-14-16-36-34(21-27)40(2,30-11-7-4-8-12-30)35(22-42-36)29-17-28(18-31(19-29)45(48)49)32-15-13-26(37(41)46)20-33(32)39(47)50-23-25-9-5-3-6-10-25/h3-21,35,42H,22-23H2,1-2H3,(H2,41,46). The number of carbonyl (C=O) groups is 2. The molecule has 254 valence electrons. The lowest BCUT2D eigenvalue weighted by Gasteiger charge is -2.44. The van der Waals surface area contributed by atoms with Crippen LogP contribution in [0.4, 0.5) is 11.4 Å². The maximum Gasteiger partial charge on any atom is 0.339 e. The van der Waals surface area contributed by atoms with E-state index < -0.39 is 22.2 Å². The number of aryl methyl sites for hydroxylation is 1. The lowest BCUT2D eigenvalue weighted by atomic mass is 9.62. The van der Waals surface area contributed by atoms with Gasteiger partial charge < -0.3 is 20.3 Å². The number of hydrogen-bond acceptors (Lipinski definition) is 9. The average Bonchev–Trinajstić information content (AvgIpc) is 3.60. The van der Waals surface area contributed by atoms with Crippen LogP contribution in [0.1, 0.15) is 61.7 Å². The van der Waals surface area contributed by atoms with Crippen LogP contribution >= 0.6 is 0 Å². The van der Waals surface area contributed by atoms with Gasteiger partial charge in [-0.25, -0.2) is 4.79 Å². The highest BCUT2D eigenvalue weighted by atomic mass is 16.6. The normalized spacial score (nSPS) is 16.5. The van der Waals surface area contributed by atoms with E-state index in [0.29, 0.717) is 35.0 Å². The predicted octanol–water partition coefficient (Wildman–Crippen LogP) is 7.59. The molecule has 0 fully saturated rings. The van der Waals surface area contributed by atoms with Gasteiger partial charge in [0.2, 0.25) is 17.6 Å². The fourth-order valence-electron chi connectivity index (χ4n) is 6.90. The summed E-state index contributed by atoms with van der Waals surface area (Å²) in [6.07, 6.45) is 0. The number of carbonyl (C=O) groups excluding carboxylic acids is 2. The molecule has 51 heavy (non-hydrogen) atoms. The molecule has 6 aromatic rings. The molecule has 2 unspecified atom stereocenters. The van der Waals surface area contributed by atoms with E-state index in [4.69, 9.17) is 15.0 Å². The van der Waals surface area contributed by atoms with E-state index in [0.717, 1.165) is 27.9 Å². The van der Waals surface area contributed by atoms with Crippen LogP contribution in [-0.4, -0.2) is 33.5 Å². The molecule has 0 aliphatic carbocycles. The van der Waals surface area contributed by atoms with Crippen molar-refractivity contribution in [3.05, 3.63) is 165 Å². The van der Waals surface area contributed by atoms with E-state index in [1.165, 1.54) is 18.2 Å². The lowest BCUT2D eigenvalue weighted by molar-refractivity contribution is -0.384. The molecule has 2 atom stereocenters. The highest BCUT2D eigenvalue weighted by Crippen LogP contribution is 2.51. The molecular weight excluding hydrogens is 646 g/mol. The number of nitrogens with zero attached hydrogens (tertiary/aromatic N) is 3. The number of primary amides is 1. The SMILES string of the molecule is Cc1nc(-c2ccc3c(c2)C(C)(c2ccccc2)C(c2cc(-c4ccc(C(N)=O)cc4C(=O)OCc4ccccc4)cc([N+](=O)[O-])c2)CN3)no1. The van der Waals surface area contributed by atoms with Crippen LogP contribution < -0.4 is 11.1 Å². The second-order valence-electron chi connectivity index (χ2n) is 12.7. The van der Waals surface area contributed by atoms with Gasteiger partial charge in [-0.1, -0.05) is 84.9 Å². The first-order chi connectivity index (χ1) is 24.6. The third kappa shape index (κ3) is 6.32. The summed E-state index contributed by atoms with van der Waals surface area (Å²) in [6.45, 7) is 4.31. The second kappa shape index (κ2) is 13.4. The van der Waals surface area contributed by atoms with Gasteiger partial charge in [0, 0.05) is 53.7 Å². The third-order valence-corrected chi connectivity index (χ3v) is 9.53. The minimum atomic E-state index is -0.723. The molecule has 0 saturated heterocycles. The van der Waals surface area contributed by atoms with Crippen molar-refractivity contribution in [1.82, 2.24) is 10.1 Å². The van der Waals surface area contributed by atoms with Crippen LogP contribution in [0.25, 0.3) is 22.5 Å². The molecule has 1 aromatic heterocycles. The van der Waals surface area contributed by atoms with E-state index in [9.17, 15) is 19.7 Å². The number of fused-ring (bicyclic) bond motifs is 1. The Labute approximate surface area is 293 Å². The molecule has 3 N–H and O–H groups in total. The summed E-state index contributed by atoms with van der Waals surface area (Å²) in [5.41, 5.74) is 10.8. The molecule has 1 amide bonds. The summed E-state index contributed by atoms with van der Waals surface area (Å²) in [4.78, 5) is 42.3. The predicted molar refractivity (Wildman–Crippen MR) is 191 cm³/mol. The van der Waals surface area contributed by atoms with Crippen molar-refractivity contribution in [1.29, 1.82) is 0 Å². The first-order valence-electron chi connectivity index (χ1n) is 16.3. The van der Waals surface area contributed by atoms with Crippen LogP contribution in [0.2, 0.25) is 0 Å². The first-order valence-corrected chi connectivity index (χ1v) is 16.3. The molecule has 0 saturated carbocycles. The van der Waals surface area contributed by atoms with Crippen LogP contribution in [0.3, 0.4) is 0 Å². The highest BCUT2D eigenvalue weighted by Gasteiger charge is 2.44. The average molecular weight is 680 g/mol. The number of aromatic nitrogens is 2. The zero-order chi connectivity index (χ0) is 35.7. The molecule has 11 nitrogen and oxygen atoms in total. The molecule has 11 heteroatoms. The summed E-state index contributed by atoms with van der Waals surface area (Å²) in [5, 5.41) is 20.2. The van der Waals surface area contributed by atoms with E-state index in [1.54, 1.807) is 19.1 Å². The van der Waals surface area contributed by atoms with Gasteiger partial charge in [0.05, 0.1) is 10.5 Å². The number of nitrogens with one attached hydrogen (secondary N) is 1. The number of amides is 1. The van der Waals surface area contributed by atoms with Gasteiger partial charge in [0.15, 0.2) is 0 Å². The van der Waals surface area contributed by atoms with Gasteiger partial charge in [-0.15, -0.1) is 0 Å². The zero-order valence-corrected chi connectivity index (χ0v) is 27.8. The molecule has 0 spiro atoms. The van der Waals surface area contributed by atoms with Crippen molar-refractivity contribution in [3.63, 3.8) is 0 Å². The fourth-order valence-corrected chi connectivity index (χ4v) is 6.90. The number of nitrogens with two attached hydrogens (primary N) is 1. The Balaban J connectivity index is 1.37. The number of anilines is 1. The van der Waals surface area contributed by atoms with Crippen molar-refractivity contribution in [2.45, 2.75) is 31.8 Å². The number of rotatable bonds is 9. The minimum Gasteiger partial charge on any atom is -0.457 e. The number of hydrogen-bond donors (Lipinski definition) is 2. The molecule has 7 rings (SSSR count). The summed E-state index contributed by atoms with van der Waals surface area (Å²) in [7, 11) is 0. The van der Waals surface area contributed by atoms with E-state index in [-0.39, 0.29) is 29.3 Å². The van der Waals surface area contributed by atoms with E-state index >= 15 is 0 Å². The Kier molecular flexibility index (Phi) is 8.62. The second-order valence-corrected chi connectivity index (χ2v) is 12.7. The Morgan fingerprint density at radius 1 is 0.961 bits per heavy atom. The molecule has 0 bridgehead atoms. The quantitative estimate of drug-likeness (QED) is 0.0890. The van der Waals surface area contributed by atoms with Gasteiger partial charge in [0.25, 0.3) is 5.69 Å². The van der Waals surface area contributed by atoms with Crippen molar-refractivity contribution < 1.29 is 23.8 Å². The van der Waals surface area contributed by atoms with E-state index in [1.807, 2.05) is 72.8 Å². The number of non-ortho nitro benzene ring substituents is 1. The summed E-state index contributed by atoms with van der Waals surface area (Å²) in [6, 6.07) is 34.4. The summed E-state index contributed by atoms with van der Waals surface area (Å²) >= 11 is 0. The number of ether oxygens (including phenoxy) is 1. The topological polar surface area (TPSA) is 163 Å². The Morgan fingerprint density at radius 2 is 1.71 bits per heavy atom. The smallest absolute Gasteiger partial charge is 0.339 e. The van der Waals surface area contributed by atoms with Crippen LogP contribution in [0, 0.1) is 17.0 Å². The van der Waals surface area contributed by atoms with Crippen molar-refractivity contribution in [3.8, 4) is 22.5 Å². The maximum absolute atomic E-state index is 13.6. The number of nitro benzene ring substituents is 1. The minimum absolute atomic E-state index is 0.00585. The molecule has 1 aliphatic rings. The lowest BCUT2D eigenvalue weighted by Crippen LogP contribution is -2.40. The van der Waals surface area contributed by atoms with Gasteiger partial charge in [-0.2, -0.15) is 4.98 Å². The fraction of sp³-hybridized carbons (Fsp3) is 0.150. The molecular formula is C40H33N5O6. The van der Waals surface area contributed by atoms with Gasteiger partial charge in [0.1, 0.15) is 6.61 Å². The van der Waals surface area contributed by atoms with Gasteiger partial charge in [-0.3, -0.25) is 14.9 Å². The van der Waals surface area contributed by atoms with Crippen LogP contribution in [0.15, 0.2) is 120 Å². The zero-order valence-electron chi connectivity index (χ0n) is 27.8. The van der Waals surface area contributed by atoms with Crippen LogP contribution in [-0.2, 0) is 16.8 Å². The summed E-state index contributed by atoms with van der Waals surface area (Å²) < 4.78 is 10.9. The van der Waals surface area contributed by atoms with Crippen LogP contribution in [0.5, 0.6) is 0 Å². The number of benzene rings is 5. The molecule has 2 heterocycles. The molecule has 0 radical (unpaired) electrons. The molecule has 5 aromatic carbocycles. The summed E-state index contributed by atoms with van der Waals surface area (Å²) in [5.74, 6) is -0.847. The molecule has 1 aliphatic heterocycles. The Bertz CT molecular complexity index is 2290. The van der Waals surface area contributed by atoms with E-state index in [2.05, 4.69) is 34.5 Å². The largest absolute Gasteiger partial charge is 0.457 e. The number of nitro groups is 1. The Hall–Kier alpha value is -6.62. The van der Waals surface area contributed by atoms with Crippen molar-refractivity contribution in [2.75, 3.05) is 11.9 Å². The van der Waals surface area contributed by atoms with Crippen molar-refractivity contribution >= 4 is 23.3 Å². The third-order valence-electron chi connectivity index (χ3n) is 9.53. The highest BCUT2D eigenvalue weighted by molar-refractivity contribution is 6.02.